The summed E-state index contributed by atoms with van der Waals surface area (Å²) in [6.07, 6.45) is 0.135. The number of carbonyl (C=O) groups excluding carboxylic acids is 1. The van der Waals surface area contributed by atoms with Crippen LogP contribution in [0.15, 0.2) is 5.51 Å². The molecule has 2 rings (SSSR count). The summed E-state index contributed by atoms with van der Waals surface area (Å²) in [4.78, 5) is 18.8. The van der Waals surface area contributed by atoms with Gasteiger partial charge >= 0.3 is 0 Å². The first-order valence-electron chi connectivity index (χ1n) is 4.99. The quantitative estimate of drug-likeness (QED) is 0.725. The molecule has 0 bridgehead atoms. The molecule has 1 unspecified atom stereocenters. The van der Waals surface area contributed by atoms with Gasteiger partial charge in [0.05, 0.1) is 23.9 Å². The molecule has 1 aliphatic heterocycles. The van der Waals surface area contributed by atoms with Crippen LogP contribution in [0.4, 0.5) is 0 Å². The van der Waals surface area contributed by atoms with Crippen molar-refractivity contribution in [3.8, 4) is 0 Å². The van der Waals surface area contributed by atoms with E-state index in [1.807, 2.05) is 18.7 Å². The molecule has 1 amide bonds. The lowest BCUT2D eigenvalue weighted by Gasteiger charge is -2.30. The van der Waals surface area contributed by atoms with Gasteiger partial charge in [0.1, 0.15) is 4.88 Å². The number of ether oxygens (including phenoxy) is 1. The highest BCUT2D eigenvalue weighted by Gasteiger charge is 2.24. The molecule has 0 N–H and O–H groups in total. The van der Waals surface area contributed by atoms with Crippen LogP contribution in [0.25, 0.3) is 0 Å². The molecular weight excluding hydrogens is 212 g/mol. The van der Waals surface area contributed by atoms with E-state index in [4.69, 9.17) is 4.74 Å². The molecule has 0 saturated carbocycles. The highest BCUT2D eigenvalue weighted by Crippen LogP contribution is 2.16. The first-order valence-corrected chi connectivity index (χ1v) is 5.87. The zero-order valence-corrected chi connectivity index (χ0v) is 9.71. The molecule has 15 heavy (non-hydrogen) atoms. The van der Waals surface area contributed by atoms with Crippen LogP contribution in [0.1, 0.15) is 22.3 Å². The first kappa shape index (κ1) is 10.6. The van der Waals surface area contributed by atoms with Crippen molar-refractivity contribution in [3.05, 3.63) is 16.1 Å². The molecule has 4 nitrogen and oxygen atoms in total. The van der Waals surface area contributed by atoms with Gasteiger partial charge in [0.25, 0.3) is 5.91 Å². The number of aryl methyl sites for hydroxylation is 1. The van der Waals surface area contributed by atoms with Crippen molar-refractivity contribution in [2.45, 2.75) is 20.0 Å². The second-order valence-electron chi connectivity index (χ2n) is 3.70. The van der Waals surface area contributed by atoms with E-state index in [0.717, 1.165) is 10.6 Å². The third kappa shape index (κ3) is 2.18. The molecule has 1 aromatic heterocycles. The van der Waals surface area contributed by atoms with Gasteiger partial charge in [-0.1, -0.05) is 0 Å². The third-order valence-electron chi connectivity index (χ3n) is 2.47. The van der Waals surface area contributed by atoms with Gasteiger partial charge in [0, 0.05) is 13.1 Å². The molecule has 82 valence electrons. The minimum atomic E-state index is 0.0881. The largest absolute Gasteiger partial charge is 0.375 e. The van der Waals surface area contributed by atoms with Crippen LogP contribution in [0, 0.1) is 6.92 Å². The second-order valence-corrected chi connectivity index (χ2v) is 4.55. The van der Waals surface area contributed by atoms with Gasteiger partial charge in [-0.05, 0) is 13.8 Å². The Hall–Kier alpha value is -0.940. The van der Waals surface area contributed by atoms with Crippen molar-refractivity contribution >= 4 is 17.2 Å². The topological polar surface area (TPSA) is 42.4 Å². The highest BCUT2D eigenvalue weighted by atomic mass is 32.1. The predicted octanol–water partition coefficient (Wildman–Crippen LogP) is 1.31. The zero-order valence-electron chi connectivity index (χ0n) is 8.90. The average Bonchev–Trinajstić information content (AvgIpc) is 2.63. The van der Waals surface area contributed by atoms with Crippen LogP contribution < -0.4 is 0 Å². The van der Waals surface area contributed by atoms with Gasteiger partial charge in [0.15, 0.2) is 0 Å². The molecule has 1 aromatic rings. The summed E-state index contributed by atoms with van der Waals surface area (Å²) in [5.41, 5.74) is 2.54. The van der Waals surface area contributed by atoms with Gasteiger partial charge in [-0.15, -0.1) is 11.3 Å². The SMILES string of the molecule is Cc1ncsc1C(=O)N1CCOC(C)C1. The number of thiazole rings is 1. The lowest BCUT2D eigenvalue weighted by molar-refractivity contribution is -0.0122. The number of aromatic nitrogens is 1. The predicted molar refractivity (Wildman–Crippen MR) is 58.2 cm³/mol. The van der Waals surface area contributed by atoms with E-state index >= 15 is 0 Å². The van der Waals surface area contributed by atoms with Crippen LogP contribution in [-0.2, 0) is 4.74 Å². The minimum Gasteiger partial charge on any atom is -0.375 e. The van der Waals surface area contributed by atoms with E-state index in [-0.39, 0.29) is 12.0 Å². The standard InChI is InChI=1S/C10H14N2O2S/c1-7-5-12(3-4-14-7)10(13)9-8(2)11-6-15-9/h6-7H,3-5H2,1-2H3. The molecule has 0 radical (unpaired) electrons. The molecule has 0 spiro atoms. The smallest absolute Gasteiger partial charge is 0.266 e. The summed E-state index contributed by atoms with van der Waals surface area (Å²) in [5, 5.41) is 0. The molecule has 1 fully saturated rings. The number of rotatable bonds is 1. The molecule has 2 heterocycles. The van der Waals surface area contributed by atoms with Crippen molar-refractivity contribution in [1.82, 2.24) is 9.88 Å². The maximum Gasteiger partial charge on any atom is 0.266 e. The second kappa shape index (κ2) is 4.28. The van der Waals surface area contributed by atoms with Gasteiger partial charge in [0.2, 0.25) is 0 Å². The van der Waals surface area contributed by atoms with Crippen molar-refractivity contribution in [2.24, 2.45) is 0 Å². The Bertz CT molecular complexity index is 364. The van der Waals surface area contributed by atoms with E-state index < -0.39 is 0 Å². The highest BCUT2D eigenvalue weighted by molar-refractivity contribution is 7.11. The average molecular weight is 226 g/mol. The molecular formula is C10H14N2O2S. The Balaban J connectivity index is 2.11. The maximum absolute atomic E-state index is 12.1. The Labute approximate surface area is 92.9 Å². The van der Waals surface area contributed by atoms with Crippen molar-refractivity contribution in [2.75, 3.05) is 19.7 Å². The van der Waals surface area contributed by atoms with Gasteiger partial charge in [-0.2, -0.15) is 0 Å². The van der Waals surface area contributed by atoms with Crippen LogP contribution in [-0.4, -0.2) is 41.6 Å². The molecule has 0 aliphatic carbocycles. The molecule has 1 saturated heterocycles. The van der Waals surface area contributed by atoms with Gasteiger partial charge in [-0.25, -0.2) is 4.98 Å². The van der Waals surface area contributed by atoms with E-state index in [1.165, 1.54) is 11.3 Å². The van der Waals surface area contributed by atoms with E-state index in [9.17, 15) is 4.79 Å². The van der Waals surface area contributed by atoms with Crippen LogP contribution in [0.3, 0.4) is 0 Å². The molecule has 0 aromatic carbocycles. The Morgan fingerprint density at radius 1 is 1.73 bits per heavy atom. The summed E-state index contributed by atoms with van der Waals surface area (Å²) < 4.78 is 5.40. The molecule has 5 heteroatoms. The summed E-state index contributed by atoms with van der Waals surface area (Å²) in [6.45, 7) is 5.84. The van der Waals surface area contributed by atoms with E-state index in [1.54, 1.807) is 5.51 Å². The zero-order chi connectivity index (χ0) is 10.8. The van der Waals surface area contributed by atoms with Crippen LogP contribution >= 0.6 is 11.3 Å². The van der Waals surface area contributed by atoms with Crippen molar-refractivity contribution in [3.63, 3.8) is 0 Å². The van der Waals surface area contributed by atoms with Crippen LogP contribution in [0.5, 0.6) is 0 Å². The normalized spacial score (nSPS) is 21.7. The van der Waals surface area contributed by atoms with Gasteiger partial charge in [-0.3, -0.25) is 4.79 Å². The molecule has 1 atom stereocenters. The number of hydrogen-bond acceptors (Lipinski definition) is 4. The van der Waals surface area contributed by atoms with Gasteiger partial charge < -0.3 is 9.64 Å². The maximum atomic E-state index is 12.1. The Morgan fingerprint density at radius 2 is 2.53 bits per heavy atom. The summed E-state index contributed by atoms with van der Waals surface area (Å²) in [5.74, 6) is 0.0881. The van der Waals surface area contributed by atoms with E-state index in [2.05, 4.69) is 4.98 Å². The lowest BCUT2D eigenvalue weighted by Crippen LogP contribution is -2.44. The number of carbonyl (C=O) groups is 1. The summed E-state index contributed by atoms with van der Waals surface area (Å²) in [7, 11) is 0. The number of nitrogens with zero attached hydrogens (tertiary/aromatic N) is 2. The fourth-order valence-corrected chi connectivity index (χ4v) is 2.42. The van der Waals surface area contributed by atoms with Crippen molar-refractivity contribution in [1.29, 1.82) is 0 Å². The Morgan fingerprint density at radius 3 is 3.13 bits per heavy atom. The number of hydrogen-bond donors (Lipinski definition) is 0. The number of morpholine rings is 1. The fourth-order valence-electron chi connectivity index (χ4n) is 1.65. The van der Waals surface area contributed by atoms with E-state index in [0.29, 0.717) is 19.7 Å². The summed E-state index contributed by atoms with van der Waals surface area (Å²) >= 11 is 1.41. The third-order valence-corrected chi connectivity index (χ3v) is 3.38. The monoisotopic (exact) mass is 226 g/mol. The van der Waals surface area contributed by atoms with Crippen molar-refractivity contribution < 1.29 is 9.53 Å². The van der Waals surface area contributed by atoms with Crippen LogP contribution in [0.2, 0.25) is 0 Å². The fraction of sp³-hybridized carbons (Fsp3) is 0.600. The molecule has 1 aliphatic rings. The lowest BCUT2D eigenvalue weighted by atomic mass is 10.2. The summed E-state index contributed by atoms with van der Waals surface area (Å²) in [6, 6.07) is 0. The first-order chi connectivity index (χ1) is 7.18. The Kier molecular flexibility index (Phi) is 3.02. The number of amides is 1. The minimum absolute atomic E-state index is 0.0881.